The summed E-state index contributed by atoms with van der Waals surface area (Å²) in [6.07, 6.45) is 0.445. The molecule has 2 rings (SSSR count). The molecule has 23 heavy (non-hydrogen) atoms. The summed E-state index contributed by atoms with van der Waals surface area (Å²) >= 11 is 0. The second-order valence-electron chi connectivity index (χ2n) is 7.52. The van der Waals surface area contributed by atoms with Crippen molar-refractivity contribution in [2.75, 3.05) is 18.1 Å². The minimum atomic E-state index is -3.04. The molecule has 5 nitrogen and oxygen atoms in total. The fourth-order valence-electron chi connectivity index (χ4n) is 2.68. The van der Waals surface area contributed by atoms with E-state index >= 15 is 0 Å². The molecule has 0 aromatic heterocycles. The van der Waals surface area contributed by atoms with Crippen LogP contribution in [0.4, 0.5) is 0 Å². The van der Waals surface area contributed by atoms with Crippen LogP contribution in [0.2, 0.25) is 0 Å². The largest absolute Gasteiger partial charge is 0.484 e. The average molecular weight is 339 g/mol. The highest BCUT2D eigenvalue weighted by Crippen LogP contribution is 2.26. The van der Waals surface area contributed by atoms with Crippen molar-refractivity contribution in [3.63, 3.8) is 0 Å². The van der Waals surface area contributed by atoms with E-state index in [0.717, 1.165) is 5.56 Å². The monoisotopic (exact) mass is 339 g/mol. The van der Waals surface area contributed by atoms with Gasteiger partial charge in [0, 0.05) is 0 Å². The third-order valence-corrected chi connectivity index (χ3v) is 5.92. The Morgan fingerprint density at radius 2 is 2.04 bits per heavy atom. The Hall–Kier alpha value is -1.56. The Bertz CT molecular complexity index is 691. The van der Waals surface area contributed by atoms with E-state index in [2.05, 4.69) is 26.1 Å². The lowest BCUT2D eigenvalue weighted by Gasteiger charge is -2.24. The van der Waals surface area contributed by atoms with Gasteiger partial charge in [-0.3, -0.25) is 4.79 Å². The van der Waals surface area contributed by atoms with Crippen molar-refractivity contribution in [2.45, 2.75) is 45.1 Å². The lowest BCUT2D eigenvalue weighted by atomic mass is 9.87. The Balaban J connectivity index is 1.93. The van der Waals surface area contributed by atoms with E-state index in [4.69, 9.17) is 4.74 Å². The molecule has 1 aromatic rings. The number of carbonyl (C=O) groups excluding carboxylic acids is 1. The van der Waals surface area contributed by atoms with Gasteiger partial charge in [0.25, 0.3) is 5.91 Å². The standard InChI is InChI=1S/C17H25NO4S/c1-16(2,3)13-6-5-7-14(10-13)22-11-15(19)18-17(4)8-9-23(20,21)12-17/h5-7,10H,8-9,11-12H2,1-4H3,(H,18,19)/t17-/m0/s1. The van der Waals surface area contributed by atoms with Crippen molar-refractivity contribution >= 4 is 15.7 Å². The van der Waals surface area contributed by atoms with Crippen LogP contribution in [-0.2, 0) is 20.0 Å². The predicted molar refractivity (Wildman–Crippen MR) is 90.5 cm³/mol. The van der Waals surface area contributed by atoms with Gasteiger partial charge in [-0.05, 0) is 36.5 Å². The van der Waals surface area contributed by atoms with E-state index in [1.807, 2.05) is 24.3 Å². The van der Waals surface area contributed by atoms with Gasteiger partial charge in [0.05, 0.1) is 17.0 Å². The van der Waals surface area contributed by atoms with Crippen LogP contribution in [0, 0.1) is 0 Å². The van der Waals surface area contributed by atoms with Crippen LogP contribution in [0.3, 0.4) is 0 Å². The quantitative estimate of drug-likeness (QED) is 0.911. The first-order valence-corrected chi connectivity index (χ1v) is 9.56. The SMILES string of the molecule is CC(C)(C)c1cccc(OCC(=O)N[C@@]2(C)CCS(=O)(=O)C2)c1. The summed E-state index contributed by atoms with van der Waals surface area (Å²) in [5, 5.41) is 2.78. The molecule has 0 bridgehead atoms. The summed E-state index contributed by atoms with van der Waals surface area (Å²) in [4.78, 5) is 12.0. The maximum Gasteiger partial charge on any atom is 0.258 e. The van der Waals surface area contributed by atoms with E-state index in [-0.39, 0.29) is 29.4 Å². The summed E-state index contributed by atoms with van der Waals surface area (Å²) in [5.74, 6) is 0.450. The van der Waals surface area contributed by atoms with E-state index in [1.54, 1.807) is 6.92 Å². The van der Waals surface area contributed by atoms with Crippen LogP contribution < -0.4 is 10.1 Å². The number of sulfone groups is 1. The Morgan fingerprint density at radius 1 is 1.35 bits per heavy atom. The van der Waals surface area contributed by atoms with Gasteiger partial charge in [-0.15, -0.1) is 0 Å². The van der Waals surface area contributed by atoms with Gasteiger partial charge in [-0.2, -0.15) is 0 Å². The zero-order valence-corrected chi connectivity index (χ0v) is 15.0. The summed E-state index contributed by atoms with van der Waals surface area (Å²) in [6, 6.07) is 7.66. The van der Waals surface area contributed by atoms with Crippen molar-refractivity contribution in [3.05, 3.63) is 29.8 Å². The first-order chi connectivity index (χ1) is 10.5. The molecule has 6 heteroatoms. The highest BCUT2D eigenvalue weighted by Gasteiger charge is 2.39. The van der Waals surface area contributed by atoms with Gasteiger partial charge >= 0.3 is 0 Å². The number of nitrogens with one attached hydrogen (secondary N) is 1. The lowest BCUT2D eigenvalue weighted by molar-refractivity contribution is -0.124. The van der Waals surface area contributed by atoms with Crippen LogP contribution >= 0.6 is 0 Å². The summed E-state index contributed by atoms with van der Waals surface area (Å²) in [6.45, 7) is 7.97. The molecule has 1 atom stereocenters. The van der Waals surface area contributed by atoms with Crippen LogP contribution in [0.25, 0.3) is 0 Å². The zero-order chi connectivity index (χ0) is 17.3. The predicted octanol–water partition coefficient (Wildman–Crippen LogP) is 2.06. The molecule has 0 radical (unpaired) electrons. The Labute approximate surface area is 138 Å². The first-order valence-electron chi connectivity index (χ1n) is 7.74. The number of carbonyl (C=O) groups is 1. The third kappa shape index (κ3) is 4.96. The van der Waals surface area contributed by atoms with Crippen LogP contribution in [0.5, 0.6) is 5.75 Å². The van der Waals surface area contributed by atoms with Crippen molar-refractivity contribution in [1.29, 1.82) is 0 Å². The maximum absolute atomic E-state index is 12.0. The Kier molecular flexibility index (Phi) is 4.76. The summed E-state index contributed by atoms with van der Waals surface area (Å²) < 4.78 is 28.7. The van der Waals surface area contributed by atoms with E-state index in [9.17, 15) is 13.2 Å². The average Bonchev–Trinajstić information content (AvgIpc) is 2.69. The topological polar surface area (TPSA) is 72.5 Å². The molecule has 1 fully saturated rings. The number of benzene rings is 1. The van der Waals surface area contributed by atoms with Crippen molar-refractivity contribution in [1.82, 2.24) is 5.32 Å². The molecule has 0 spiro atoms. The normalized spacial score (nSPS) is 23.5. The van der Waals surface area contributed by atoms with Gasteiger partial charge in [0.15, 0.2) is 16.4 Å². The molecule has 0 aliphatic carbocycles. The van der Waals surface area contributed by atoms with Gasteiger partial charge in [-0.1, -0.05) is 32.9 Å². The van der Waals surface area contributed by atoms with E-state index in [0.29, 0.717) is 12.2 Å². The minimum absolute atomic E-state index is 0.00725. The molecule has 1 aromatic carbocycles. The van der Waals surface area contributed by atoms with Gasteiger partial charge in [-0.25, -0.2) is 8.42 Å². The zero-order valence-electron chi connectivity index (χ0n) is 14.2. The lowest BCUT2D eigenvalue weighted by Crippen LogP contribution is -2.48. The van der Waals surface area contributed by atoms with Gasteiger partial charge in [0.1, 0.15) is 5.75 Å². The van der Waals surface area contributed by atoms with Crippen molar-refractivity contribution < 1.29 is 17.9 Å². The second-order valence-corrected chi connectivity index (χ2v) is 9.70. The molecular formula is C17H25NO4S. The smallest absolute Gasteiger partial charge is 0.258 e. The Morgan fingerprint density at radius 3 is 2.61 bits per heavy atom. The number of ether oxygens (including phenoxy) is 1. The van der Waals surface area contributed by atoms with Gasteiger partial charge in [0.2, 0.25) is 0 Å². The molecule has 1 amide bonds. The molecule has 1 saturated heterocycles. The molecular weight excluding hydrogens is 314 g/mol. The minimum Gasteiger partial charge on any atom is -0.484 e. The number of amides is 1. The summed E-state index contributed by atoms with van der Waals surface area (Å²) in [7, 11) is -3.04. The second kappa shape index (κ2) is 6.15. The van der Waals surface area contributed by atoms with Crippen LogP contribution in [-0.4, -0.2) is 38.0 Å². The number of hydrogen-bond donors (Lipinski definition) is 1. The maximum atomic E-state index is 12.0. The van der Waals surface area contributed by atoms with Gasteiger partial charge < -0.3 is 10.1 Å². The number of hydrogen-bond acceptors (Lipinski definition) is 4. The molecule has 1 aliphatic heterocycles. The van der Waals surface area contributed by atoms with Crippen molar-refractivity contribution in [3.8, 4) is 5.75 Å². The molecule has 0 saturated carbocycles. The molecule has 1 aliphatic rings. The third-order valence-electron chi connectivity index (χ3n) is 4.01. The number of rotatable bonds is 4. The molecule has 1 heterocycles. The molecule has 1 N–H and O–H groups in total. The first kappa shape index (κ1) is 17.8. The highest BCUT2D eigenvalue weighted by molar-refractivity contribution is 7.91. The van der Waals surface area contributed by atoms with E-state index in [1.165, 1.54) is 0 Å². The van der Waals surface area contributed by atoms with E-state index < -0.39 is 15.4 Å². The summed E-state index contributed by atoms with van der Waals surface area (Å²) in [5.41, 5.74) is 0.448. The molecule has 128 valence electrons. The fraction of sp³-hybridized carbons (Fsp3) is 0.588. The fourth-order valence-corrected chi connectivity index (χ4v) is 4.78. The molecule has 0 unspecified atom stereocenters. The van der Waals surface area contributed by atoms with Crippen molar-refractivity contribution in [2.24, 2.45) is 0 Å². The van der Waals surface area contributed by atoms with Crippen LogP contribution in [0.15, 0.2) is 24.3 Å². The van der Waals surface area contributed by atoms with Crippen LogP contribution in [0.1, 0.15) is 39.7 Å². The highest BCUT2D eigenvalue weighted by atomic mass is 32.2.